The van der Waals surface area contributed by atoms with Gasteiger partial charge in [-0.25, -0.2) is 4.39 Å². The van der Waals surface area contributed by atoms with Crippen molar-refractivity contribution in [3.8, 4) is 22.8 Å². The van der Waals surface area contributed by atoms with Gasteiger partial charge in [0, 0.05) is 32.6 Å². The molecule has 1 saturated heterocycles. The van der Waals surface area contributed by atoms with Gasteiger partial charge < -0.3 is 19.5 Å². The quantitative estimate of drug-likeness (QED) is 0.660. The summed E-state index contributed by atoms with van der Waals surface area (Å²) in [6.07, 6.45) is -0.240. The van der Waals surface area contributed by atoms with E-state index in [-0.39, 0.29) is 11.7 Å². The number of benzene rings is 2. The SMILES string of the molecule is COc1cccc(O[C@H]2CCN(C(=O)c3cc(-c4ccc(F)cc4)n(C)n3)CC[C@@H]2O)c1. The molecule has 0 saturated carbocycles. The molecule has 2 heterocycles. The third-order valence-corrected chi connectivity index (χ3v) is 5.66. The van der Waals surface area contributed by atoms with E-state index in [9.17, 15) is 14.3 Å². The zero-order valence-electron chi connectivity index (χ0n) is 18.1. The van der Waals surface area contributed by atoms with Crippen LogP contribution < -0.4 is 9.47 Å². The van der Waals surface area contributed by atoms with Crippen LogP contribution in [0.4, 0.5) is 4.39 Å². The van der Waals surface area contributed by atoms with E-state index in [0.717, 1.165) is 11.3 Å². The number of halogens is 1. The molecule has 0 radical (unpaired) electrons. The van der Waals surface area contributed by atoms with Crippen LogP contribution in [0.3, 0.4) is 0 Å². The molecule has 0 bridgehead atoms. The van der Waals surface area contributed by atoms with Crippen LogP contribution in [-0.2, 0) is 7.05 Å². The first-order chi connectivity index (χ1) is 15.4. The number of aromatic nitrogens is 2. The minimum atomic E-state index is -0.697. The number of carbonyl (C=O) groups is 1. The molecule has 2 atom stereocenters. The first-order valence-electron chi connectivity index (χ1n) is 10.5. The zero-order chi connectivity index (χ0) is 22.7. The van der Waals surface area contributed by atoms with E-state index in [4.69, 9.17) is 9.47 Å². The van der Waals surface area contributed by atoms with Crippen molar-refractivity contribution in [3.63, 3.8) is 0 Å². The molecule has 1 fully saturated rings. The number of rotatable bonds is 5. The van der Waals surface area contributed by atoms with Crippen molar-refractivity contribution in [3.05, 3.63) is 66.1 Å². The van der Waals surface area contributed by atoms with Crippen LogP contribution in [0.25, 0.3) is 11.3 Å². The lowest BCUT2D eigenvalue weighted by Gasteiger charge is -2.22. The third-order valence-electron chi connectivity index (χ3n) is 5.66. The summed E-state index contributed by atoms with van der Waals surface area (Å²) in [7, 11) is 3.34. The first-order valence-corrected chi connectivity index (χ1v) is 10.5. The molecule has 1 aromatic heterocycles. The highest BCUT2D eigenvalue weighted by Crippen LogP contribution is 2.25. The van der Waals surface area contributed by atoms with Gasteiger partial charge in [-0.15, -0.1) is 0 Å². The van der Waals surface area contributed by atoms with Crippen molar-refractivity contribution in [2.24, 2.45) is 7.05 Å². The summed E-state index contributed by atoms with van der Waals surface area (Å²) in [5, 5.41) is 14.9. The van der Waals surface area contributed by atoms with Crippen LogP contribution in [0.15, 0.2) is 54.6 Å². The van der Waals surface area contributed by atoms with Crippen LogP contribution in [-0.4, -0.2) is 58.1 Å². The maximum Gasteiger partial charge on any atom is 0.274 e. The molecule has 1 aliphatic heterocycles. The van der Waals surface area contributed by atoms with E-state index in [1.54, 1.807) is 48.0 Å². The molecule has 2 aromatic carbocycles. The largest absolute Gasteiger partial charge is 0.497 e. The molecule has 7 nitrogen and oxygen atoms in total. The molecule has 168 valence electrons. The molecule has 32 heavy (non-hydrogen) atoms. The van der Waals surface area contributed by atoms with Crippen LogP contribution in [0.1, 0.15) is 23.3 Å². The number of carbonyl (C=O) groups excluding carboxylic acids is 1. The van der Waals surface area contributed by atoms with E-state index in [1.165, 1.54) is 12.1 Å². The number of amides is 1. The second-order valence-electron chi connectivity index (χ2n) is 7.82. The average Bonchev–Trinajstić information content (AvgIpc) is 3.10. The zero-order valence-corrected chi connectivity index (χ0v) is 18.1. The molecule has 1 aliphatic rings. The standard InChI is InChI=1S/C24H26FN3O4/c1-27-21(16-6-8-17(25)9-7-16)15-20(26-27)24(30)28-12-10-22(29)23(11-13-28)32-19-5-3-4-18(14-19)31-2/h3-9,14-15,22-23,29H,10-13H2,1-2H3/t22-,23-/m0/s1. The lowest BCUT2D eigenvalue weighted by Crippen LogP contribution is -2.33. The number of aliphatic hydroxyl groups is 1. The Morgan fingerprint density at radius 2 is 1.81 bits per heavy atom. The Morgan fingerprint density at radius 3 is 2.56 bits per heavy atom. The predicted octanol–water partition coefficient (Wildman–Crippen LogP) is 3.28. The molecule has 4 rings (SSSR count). The van der Waals surface area contributed by atoms with Crippen LogP contribution in [0, 0.1) is 5.82 Å². The fourth-order valence-electron chi connectivity index (χ4n) is 3.88. The van der Waals surface area contributed by atoms with Gasteiger partial charge in [-0.1, -0.05) is 6.07 Å². The molecule has 1 amide bonds. The number of nitrogens with zero attached hydrogens (tertiary/aromatic N) is 3. The van der Waals surface area contributed by atoms with E-state index in [2.05, 4.69) is 5.10 Å². The Kier molecular flexibility index (Phi) is 6.41. The minimum absolute atomic E-state index is 0.205. The molecular weight excluding hydrogens is 413 g/mol. The summed E-state index contributed by atoms with van der Waals surface area (Å²) in [6.45, 7) is 0.841. The highest BCUT2D eigenvalue weighted by atomic mass is 19.1. The van der Waals surface area contributed by atoms with Gasteiger partial charge >= 0.3 is 0 Å². The summed E-state index contributed by atoms with van der Waals surface area (Å²) >= 11 is 0. The Balaban J connectivity index is 1.45. The number of hydrogen-bond acceptors (Lipinski definition) is 5. The summed E-state index contributed by atoms with van der Waals surface area (Å²) in [6, 6.07) is 15.0. The van der Waals surface area contributed by atoms with Crippen molar-refractivity contribution < 1.29 is 23.8 Å². The monoisotopic (exact) mass is 439 g/mol. The van der Waals surface area contributed by atoms with Crippen molar-refractivity contribution in [2.75, 3.05) is 20.2 Å². The van der Waals surface area contributed by atoms with Gasteiger partial charge in [0.2, 0.25) is 0 Å². The van der Waals surface area contributed by atoms with Crippen LogP contribution in [0.5, 0.6) is 11.5 Å². The van der Waals surface area contributed by atoms with E-state index in [0.29, 0.717) is 43.1 Å². The number of aliphatic hydroxyl groups excluding tert-OH is 1. The smallest absolute Gasteiger partial charge is 0.274 e. The van der Waals surface area contributed by atoms with Gasteiger partial charge in [-0.05, 0) is 54.4 Å². The number of likely N-dealkylation sites (tertiary alicyclic amines) is 1. The molecule has 3 aromatic rings. The Morgan fingerprint density at radius 1 is 1.09 bits per heavy atom. The maximum atomic E-state index is 13.2. The lowest BCUT2D eigenvalue weighted by atomic mass is 10.1. The van der Waals surface area contributed by atoms with Gasteiger partial charge in [0.05, 0.1) is 18.9 Å². The number of aryl methyl sites for hydroxylation is 1. The second-order valence-corrected chi connectivity index (χ2v) is 7.82. The summed E-state index contributed by atoms with van der Waals surface area (Å²) in [5.41, 5.74) is 1.81. The van der Waals surface area contributed by atoms with Gasteiger partial charge in [-0.2, -0.15) is 5.10 Å². The van der Waals surface area contributed by atoms with Crippen molar-refractivity contribution in [1.29, 1.82) is 0 Å². The van der Waals surface area contributed by atoms with Gasteiger partial charge in [0.15, 0.2) is 5.69 Å². The molecule has 1 N–H and O–H groups in total. The lowest BCUT2D eigenvalue weighted by molar-refractivity contribution is 0.0349. The third kappa shape index (κ3) is 4.75. The highest BCUT2D eigenvalue weighted by molar-refractivity contribution is 5.93. The van der Waals surface area contributed by atoms with E-state index >= 15 is 0 Å². The normalized spacial score (nSPS) is 18.8. The molecule has 8 heteroatoms. The number of ether oxygens (including phenoxy) is 2. The summed E-state index contributed by atoms with van der Waals surface area (Å²) in [5.74, 6) is 0.764. The van der Waals surface area contributed by atoms with Crippen molar-refractivity contribution >= 4 is 5.91 Å². The maximum absolute atomic E-state index is 13.2. The number of hydrogen-bond donors (Lipinski definition) is 1. The topological polar surface area (TPSA) is 76.8 Å². The number of methoxy groups -OCH3 is 1. The fraction of sp³-hybridized carbons (Fsp3) is 0.333. The molecule has 0 spiro atoms. The Bertz CT molecular complexity index is 1080. The van der Waals surface area contributed by atoms with Gasteiger partial charge in [-0.3, -0.25) is 9.48 Å². The minimum Gasteiger partial charge on any atom is -0.497 e. The first kappa shape index (κ1) is 21.8. The molecular formula is C24H26FN3O4. The van der Waals surface area contributed by atoms with Gasteiger partial charge in [0.25, 0.3) is 5.91 Å². The summed E-state index contributed by atoms with van der Waals surface area (Å²) in [4.78, 5) is 14.8. The fourth-order valence-corrected chi connectivity index (χ4v) is 3.88. The van der Waals surface area contributed by atoms with Gasteiger partial charge in [0.1, 0.15) is 23.4 Å². The van der Waals surface area contributed by atoms with Crippen LogP contribution in [0.2, 0.25) is 0 Å². The van der Waals surface area contributed by atoms with Crippen molar-refractivity contribution in [2.45, 2.75) is 25.0 Å². The van der Waals surface area contributed by atoms with E-state index < -0.39 is 12.2 Å². The average molecular weight is 439 g/mol. The summed E-state index contributed by atoms with van der Waals surface area (Å²) < 4.78 is 26.1. The molecule has 0 aliphatic carbocycles. The second kappa shape index (κ2) is 9.40. The predicted molar refractivity (Wildman–Crippen MR) is 117 cm³/mol. The van der Waals surface area contributed by atoms with Crippen molar-refractivity contribution in [1.82, 2.24) is 14.7 Å². The highest BCUT2D eigenvalue weighted by Gasteiger charge is 2.30. The molecule has 0 unspecified atom stereocenters. The van der Waals surface area contributed by atoms with E-state index in [1.807, 2.05) is 18.2 Å². The van der Waals surface area contributed by atoms with Crippen LogP contribution >= 0.6 is 0 Å². The Hall–Kier alpha value is -3.39. The Labute approximate surface area is 186 Å².